The Bertz CT molecular complexity index is 858. The molecule has 0 radical (unpaired) electrons. The maximum Gasteiger partial charge on any atom is 0.188 e. The molecule has 1 unspecified atom stereocenters. The number of benzene rings is 2. The third-order valence-electron chi connectivity index (χ3n) is 5.34. The Morgan fingerprint density at radius 3 is 2.34 bits per heavy atom. The molecule has 1 heterocycles. The largest absolute Gasteiger partial charge is 0.497 e. The summed E-state index contributed by atoms with van der Waals surface area (Å²) in [5, 5.41) is 3.29. The minimum Gasteiger partial charge on any atom is -0.497 e. The SMILES string of the molecule is COc1ccc(C(CNC(N)=NCc2ccc(OC)c(OC)c2)N2CCOCC2)cc1.I. The molecule has 1 fully saturated rings. The molecule has 3 rings (SSSR count). The van der Waals surface area contributed by atoms with E-state index in [1.54, 1.807) is 21.3 Å². The molecule has 32 heavy (non-hydrogen) atoms. The Balaban J connectivity index is 0.00000363. The minimum absolute atomic E-state index is 0. The van der Waals surface area contributed by atoms with Gasteiger partial charge in [0.05, 0.1) is 47.1 Å². The normalized spacial score (nSPS) is 15.4. The van der Waals surface area contributed by atoms with Gasteiger partial charge in [0, 0.05) is 19.6 Å². The van der Waals surface area contributed by atoms with Crippen molar-refractivity contribution < 1.29 is 18.9 Å². The number of nitrogens with zero attached hydrogens (tertiary/aromatic N) is 2. The molecule has 1 atom stereocenters. The molecule has 1 saturated heterocycles. The van der Waals surface area contributed by atoms with Crippen molar-refractivity contribution in [2.45, 2.75) is 12.6 Å². The predicted molar refractivity (Wildman–Crippen MR) is 136 cm³/mol. The van der Waals surface area contributed by atoms with Crippen molar-refractivity contribution >= 4 is 29.9 Å². The van der Waals surface area contributed by atoms with Crippen molar-refractivity contribution in [2.75, 3.05) is 54.2 Å². The van der Waals surface area contributed by atoms with Crippen LogP contribution in [0.5, 0.6) is 17.2 Å². The fraction of sp³-hybridized carbons (Fsp3) is 0.435. The Labute approximate surface area is 207 Å². The molecular weight excluding hydrogens is 523 g/mol. The highest BCUT2D eigenvalue weighted by Gasteiger charge is 2.22. The van der Waals surface area contributed by atoms with Gasteiger partial charge in [-0.2, -0.15) is 0 Å². The first-order valence-corrected chi connectivity index (χ1v) is 10.3. The summed E-state index contributed by atoms with van der Waals surface area (Å²) in [7, 11) is 4.91. The molecule has 176 valence electrons. The summed E-state index contributed by atoms with van der Waals surface area (Å²) < 4.78 is 21.4. The van der Waals surface area contributed by atoms with Crippen LogP contribution in [0.2, 0.25) is 0 Å². The zero-order valence-corrected chi connectivity index (χ0v) is 21.2. The summed E-state index contributed by atoms with van der Waals surface area (Å²) >= 11 is 0. The number of morpholine rings is 1. The third-order valence-corrected chi connectivity index (χ3v) is 5.34. The molecule has 0 spiro atoms. The average molecular weight is 556 g/mol. The van der Waals surface area contributed by atoms with Crippen LogP contribution in [0.15, 0.2) is 47.5 Å². The van der Waals surface area contributed by atoms with Crippen molar-refractivity contribution in [3.05, 3.63) is 53.6 Å². The standard InChI is InChI=1S/C23H32N4O4.HI/c1-28-19-7-5-18(6-8-19)20(27-10-12-31-13-11-27)16-26-23(24)25-15-17-4-9-21(29-2)22(14-17)30-3;/h4-9,14,20H,10-13,15-16H2,1-3H3,(H3,24,25,26);1H. The lowest BCUT2D eigenvalue weighted by Gasteiger charge is -2.35. The summed E-state index contributed by atoms with van der Waals surface area (Å²) in [4.78, 5) is 6.89. The molecule has 2 aromatic carbocycles. The predicted octanol–water partition coefficient (Wildman–Crippen LogP) is 2.81. The first-order chi connectivity index (χ1) is 15.1. The van der Waals surface area contributed by atoms with Gasteiger partial charge in [0.2, 0.25) is 0 Å². The number of hydrogen-bond acceptors (Lipinski definition) is 6. The molecule has 0 aromatic heterocycles. The van der Waals surface area contributed by atoms with Crippen LogP contribution in [-0.4, -0.2) is 65.0 Å². The van der Waals surface area contributed by atoms with Crippen molar-refractivity contribution in [2.24, 2.45) is 10.7 Å². The summed E-state index contributed by atoms with van der Waals surface area (Å²) in [5.74, 6) is 2.61. The molecule has 2 aromatic rings. The lowest BCUT2D eigenvalue weighted by molar-refractivity contribution is 0.0170. The zero-order chi connectivity index (χ0) is 22.1. The Kier molecular flexibility index (Phi) is 10.8. The molecule has 9 heteroatoms. The van der Waals surface area contributed by atoms with Gasteiger partial charge in [-0.05, 0) is 35.4 Å². The van der Waals surface area contributed by atoms with E-state index in [0.29, 0.717) is 30.5 Å². The van der Waals surface area contributed by atoms with Crippen LogP contribution in [0.4, 0.5) is 0 Å². The lowest BCUT2D eigenvalue weighted by atomic mass is 10.0. The number of nitrogens with one attached hydrogen (secondary N) is 1. The van der Waals surface area contributed by atoms with Gasteiger partial charge in [-0.25, -0.2) is 4.99 Å². The molecule has 0 aliphatic carbocycles. The summed E-state index contributed by atoms with van der Waals surface area (Å²) in [6.07, 6.45) is 0. The van der Waals surface area contributed by atoms with Crippen molar-refractivity contribution in [3.8, 4) is 17.2 Å². The van der Waals surface area contributed by atoms with Crippen molar-refractivity contribution in [3.63, 3.8) is 0 Å². The van der Waals surface area contributed by atoms with E-state index in [1.807, 2.05) is 30.3 Å². The highest BCUT2D eigenvalue weighted by Crippen LogP contribution is 2.28. The molecule has 1 aliphatic heterocycles. The summed E-state index contributed by atoms with van der Waals surface area (Å²) in [5.41, 5.74) is 8.35. The number of guanidine groups is 1. The van der Waals surface area contributed by atoms with Crippen LogP contribution in [0.1, 0.15) is 17.2 Å². The number of halogens is 1. The Hall–Kier alpha value is -2.24. The van der Waals surface area contributed by atoms with Gasteiger partial charge in [0.25, 0.3) is 0 Å². The quantitative estimate of drug-likeness (QED) is 0.279. The van der Waals surface area contributed by atoms with E-state index < -0.39 is 0 Å². The van der Waals surface area contributed by atoms with E-state index >= 15 is 0 Å². The van der Waals surface area contributed by atoms with E-state index in [4.69, 9.17) is 24.7 Å². The highest BCUT2D eigenvalue weighted by atomic mass is 127. The molecule has 3 N–H and O–H groups in total. The van der Waals surface area contributed by atoms with Crippen LogP contribution < -0.4 is 25.3 Å². The molecule has 0 bridgehead atoms. The maximum absolute atomic E-state index is 6.17. The summed E-state index contributed by atoms with van der Waals surface area (Å²) in [6, 6.07) is 14.0. The molecule has 0 saturated carbocycles. The lowest BCUT2D eigenvalue weighted by Crippen LogP contribution is -2.45. The van der Waals surface area contributed by atoms with Crippen LogP contribution in [0, 0.1) is 0 Å². The second-order valence-electron chi connectivity index (χ2n) is 7.21. The molecular formula is C23H33IN4O4. The minimum atomic E-state index is 0. The van der Waals surface area contributed by atoms with E-state index in [-0.39, 0.29) is 30.0 Å². The van der Waals surface area contributed by atoms with Crippen LogP contribution in [-0.2, 0) is 11.3 Å². The average Bonchev–Trinajstić information content (AvgIpc) is 2.83. The number of aliphatic imine (C=N–C) groups is 1. The second kappa shape index (κ2) is 13.3. The molecule has 8 nitrogen and oxygen atoms in total. The van der Waals surface area contributed by atoms with E-state index in [0.717, 1.165) is 37.6 Å². The number of rotatable bonds is 9. The molecule has 0 amide bonds. The van der Waals surface area contributed by atoms with E-state index in [9.17, 15) is 0 Å². The van der Waals surface area contributed by atoms with E-state index in [1.165, 1.54) is 5.56 Å². The van der Waals surface area contributed by atoms with Gasteiger partial charge >= 0.3 is 0 Å². The fourth-order valence-corrected chi connectivity index (χ4v) is 3.59. The van der Waals surface area contributed by atoms with Gasteiger partial charge in [0.1, 0.15) is 5.75 Å². The summed E-state index contributed by atoms with van der Waals surface area (Å²) in [6.45, 7) is 4.31. The van der Waals surface area contributed by atoms with Crippen LogP contribution in [0.25, 0.3) is 0 Å². The number of ether oxygens (including phenoxy) is 4. The van der Waals surface area contributed by atoms with Crippen LogP contribution in [0.3, 0.4) is 0 Å². The van der Waals surface area contributed by atoms with E-state index in [2.05, 4.69) is 27.3 Å². The topological polar surface area (TPSA) is 90.6 Å². The Morgan fingerprint density at radius 2 is 1.72 bits per heavy atom. The van der Waals surface area contributed by atoms with Crippen LogP contribution >= 0.6 is 24.0 Å². The monoisotopic (exact) mass is 556 g/mol. The number of methoxy groups -OCH3 is 3. The van der Waals surface area contributed by atoms with Gasteiger partial charge < -0.3 is 30.0 Å². The maximum atomic E-state index is 6.17. The molecule has 1 aliphatic rings. The highest BCUT2D eigenvalue weighted by molar-refractivity contribution is 14.0. The zero-order valence-electron chi connectivity index (χ0n) is 18.9. The first kappa shape index (κ1) is 26.0. The Morgan fingerprint density at radius 1 is 1.03 bits per heavy atom. The van der Waals surface area contributed by atoms with Gasteiger partial charge in [-0.1, -0.05) is 18.2 Å². The van der Waals surface area contributed by atoms with Crippen molar-refractivity contribution in [1.82, 2.24) is 10.2 Å². The first-order valence-electron chi connectivity index (χ1n) is 10.3. The second-order valence-corrected chi connectivity index (χ2v) is 7.21. The van der Waals surface area contributed by atoms with Crippen molar-refractivity contribution in [1.29, 1.82) is 0 Å². The number of hydrogen-bond donors (Lipinski definition) is 2. The van der Waals surface area contributed by atoms with Gasteiger partial charge in [-0.3, -0.25) is 4.90 Å². The smallest absolute Gasteiger partial charge is 0.188 e. The van der Waals surface area contributed by atoms with Gasteiger partial charge in [-0.15, -0.1) is 24.0 Å². The third kappa shape index (κ3) is 7.14. The van der Waals surface area contributed by atoms with Gasteiger partial charge in [0.15, 0.2) is 17.5 Å². The number of nitrogens with two attached hydrogens (primary N) is 1. The fourth-order valence-electron chi connectivity index (χ4n) is 3.59.